The number of amides is 1. The predicted octanol–water partition coefficient (Wildman–Crippen LogP) is 4.88. The third-order valence-corrected chi connectivity index (χ3v) is 5.19. The highest BCUT2D eigenvalue weighted by Gasteiger charge is 2.11. The van der Waals surface area contributed by atoms with Crippen molar-refractivity contribution in [3.05, 3.63) is 93.1 Å². The molecule has 3 aromatic rings. The second kappa shape index (κ2) is 11.7. The van der Waals surface area contributed by atoms with Gasteiger partial charge < -0.3 is 19.9 Å². The van der Waals surface area contributed by atoms with E-state index in [4.69, 9.17) is 14.6 Å². The maximum atomic E-state index is 12.5. The normalized spacial score (nSPS) is 10.7. The zero-order chi connectivity index (χ0) is 23.6. The third kappa shape index (κ3) is 7.36. The molecule has 0 atom stereocenters. The number of nitrogens with zero attached hydrogens (tertiary/aromatic N) is 1. The van der Waals surface area contributed by atoms with Crippen LogP contribution in [0.4, 0.5) is 5.69 Å². The largest absolute Gasteiger partial charge is 0.489 e. The van der Waals surface area contributed by atoms with Gasteiger partial charge in [0.05, 0.1) is 3.57 Å². The lowest BCUT2D eigenvalue weighted by molar-refractivity contribution is -0.139. The lowest BCUT2D eigenvalue weighted by Crippen LogP contribution is -2.13. The molecule has 0 spiro atoms. The molecular formula is C25H19IN2O5. The molecule has 0 radical (unpaired) electrons. The standard InChI is InChI=1S/C25H19IN2O5/c26-22-13-18(6-11-23(22)33-16-24(29)30)12-19(14-27)25(31)28-20-7-9-21(10-8-20)32-15-17-4-2-1-3-5-17/h1-13H,15-16H2,(H,28,31)(H,29,30)/b19-12+. The maximum Gasteiger partial charge on any atom is 0.341 e. The van der Waals surface area contributed by atoms with Gasteiger partial charge >= 0.3 is 5.97 Å². The van der Waals surface area contributed by atoms with Crippen LogP contribution in [-0.4, -0.2) is 23.6 Å². The summed E-state index contributed by atoms with van der Waals surface area (Å²) in [7, 11) is 0. The second-order valence-electron chi connectivity index (χ2n) is 6.79. The molecule has 1 amide bonds. The number of anilines is 1. The average Bonchev–Trinajstić information content (AvgIpc) is 2.82. The Balaban J connectivity index is 1.62. The first-order chi connectivity index (χ1) is 15.9. The summed E-state index contributed by atoms with van der Waals surface area (Å²) >= 11 is 2.00. The van der Waals surface area contributed by atoms with Crippen molar-refractivity contribution in [1.29, 1.82) is 5.26 Å². The molecule has 3 rings (SSSR count). The number of aliphatic carboxylic acids is 1. The van der Waals surface area contributed by atoms with Crippen LogP contribution in [-0.2, 0) is 16.2 Å². The molecule has 3 aromatic carbocycles. The molecule has 8 heteroatoms. The van der Waals surface area contributed by atoms with Crippen molar-refractivity contribution >= 4 is 46.2 Å². The van der Waals surface area contributed by atoms with Crippen molar-refractivity contribution in [3.63, 3.8) is 0 Å². The monoisotopic (exact) mass is 554 g/mol. The Bertz CT molecular complexity index is 1200. The topological polar surface area (TPSA) is 109 Å². The summed E-state index contributed by atoms with van der Waals surface area (Å²) in [5, 5.41) is 20.9. The van der Waals surface area contributed by atoms with Crippen LogP contribution in [0.2, 0.25) is 0 Å². The van der Waals surface area contributed by atoms with Gasteiger partial charge in [0.2, 0.25) is 0 Å². The van der Waals surface area contributed by atoms with Crippen molar-refractivity contribution < 1.29 is 24.2 Å². The number of halogens is 1. The fraction of sp³-hybridized carbons (Fsp3) is 0.0800. The van der Waals surface area contributed by atoms with Crippen LogP contribution in [0.25, 0.3) is 6.08 Å². The lowest BCUT2D eigenvalue weighted by atomic mass is 10.1. The molecule has 0 saturated carbocycles. The van der Waals surface area contributed by atoms with Gasteiger partial charge in [-0.15, -0.1) is 0 Å². The van der Waals surface area contributed by atoms with E-state index in [1.807, 2.05) is 59.0 Å². The SMILES string of the molecule is N#C/C(=C\c1ccc(OCC(=O)O)c(I)c1)C(=O)Nc1ccc(OCc2ccccc2)cc1. The van der Waals surface area contributed by atoms with Crippen LogP contribution < -0.4 is 14.8 Å². The number of nitriles is 1. The van der Waals surface area contributed by atoms with Crippen molar-refractivity contribution in [1.82, 2.24) is 0 Å². The van der Waals surface area contributed by atoms with Gasteiger partial charge in [-0.05, 0) is 76.2 Å². The van der Waals surface area contributed by atoms with E-state index in [0.717, 1.165) is 5.56 Å². The molecule has 0 fully saturated rings. The Kier molecular flexibility index (Phi) is 8.43. The molecule has 2 N–H and O–H groups in total. The van der Waals surface area contributed by atoms with Crippen molar-refractivity contribution in [3.8, 4) is 17.6 Å². The van der Waals surface area contributed by atoms with Crippen molar-refractivity contribution in [2.24, 2.45) is 0 Å². The lowest BCUT2D eigenvalue weighted by Gasteiger charge is -2.09. The highest BCUT2D eigenvalue weighted by Crippen LogP contribution is 2.24. The zero-order valence-corrected chi connectivity index (χ0v) is 19.5. The summed E-state index contributed by atoms with van der Waals surface area (Å²) in [6.07, 6.45) is 1.45. The summed E-state index contributed by atoms with van der Waals surface area (Å²) in [6, 6.07) is 23.5. The molecule has 0 unspecified atom stereocenters. The Hall–Kier alpha value is -3.84. The molecule has 0 aromatic heterocycles. The number of carbonyl (C=O) groups is 2. The first kappa shape index (κ1) is 23.8. The number of hydrogen-bond acceptors (Lipinski definition) is 5. The highest BCUT2D eigenvalue weighted by atomic mass is 127. The first-order valence-corrected chi connectivity index (χ1v) is 10.9. The Morgan fingerprint density at radius 1 is 1.03 bits per heavy atom. The van der Waals surface area contributed by atoms with E-state index in [-0.39, 0.29) is 5.57 Å². The number of hydrogen-bond donors (Lipinski definition) is 2. The second-order valence-corrected chi connectivity index (χ2v) is 7.96. The van der Waals surface area contributed by atoms with E-state index in [2.05, 4.69) is 5.32 Å². The molecule has 0 bridgehead atoms. The quantitative estimate of drug-likeness (QED) is 0.222. The number of ether oxygens (including phenoxy) is 2. The fourth-order valence-electron chi connectivity index (χ4n) is 2.75. The highest BCUT2D eigenvalue weighted by molar-refractivity contribution is 14.1. The van der Waals surface area contributed by atoms with Gasteiger partial charge in [0.15, 0.2) is 6.61 Å². The summed E-state index contributed by atoms with van der Waals surface area (Å²) < 4.78 is 11.6. The van der Waals surface area contributed by atoms with Gasteiger partial charge in [-0.25, -0.2) is 4.79 Å². The summed E-state index contributed by atoms with van der Waals surface area (Å²) in [5.74, 6) is -0.550. The van der Waals surface area contributed by atoms with Crippen molar-refractivity contribution in [2.75, 3.05) is 11.9 Å². The van der Waals surface area contributed by atoms with Crippen LogP contribution in [0, 0.1) is 14.9 Å². The minimum Gasteiger partial charge on any atom is -0.489 e. The number of carbonyl (C=O) groups excluding carboxylic acids is 1. The number of carboxylic acids is 1. The summed E-state index contributed by atoms with van der Waals surface area (Å²) in [5.41, 5.74) is 2.11. The molecule has 0 saturated heterocycles. The van der Waals surface area contributed by atoms with Crippen molar-refractivity contribution in [2.45, 2.75) is 6.61 Å². The van der Waals surface area contributed by atoms with Crippen LogP contribution in [0.5, 0.6) is 11.5 Å². The smallest absolute Gasteiger partial charge is 0.341 e. The maximum absolute atomic E-state index is 12.5. The molecule has 0 aliphatic carbocycles. The molecule has 0 aliphatic heterocycles. The fourth-order valence-corrected chi connectivity index (χ4v) is 3.45. The van der Waals surface area contributed by atoms with Gasteiger partial charge in [-0.3, -0.25) is 4.79 Å². The van der Waals surface area contributed by atoms with E-state index in [1.165, 1.54) is 6.08 Å². The van der Waals surface area contributed by atoms with Gasteiger partial charge in [-0.2, -0.15) is 5.26 Å². The van der Waals surface area contributed by atoms with E-state index >= 15 is 0 Å². The zero-order valence-electron chi connectivity index (χ0n) is 17.3. The van der Waals surface area contributed by atoms with E-state index in [1.54, 1.807) is 42.5 Å². The Morgan fingerprint density at radius 3 is 2.39 bits per heavy atom. The minimum absolute atomic E-state index is 0.0746. The molecule has 166 valence electrons. The van der Waals surface area contributed by atoms with Gasteiger partial charge in [-0.1, -0.05) is 36.4 Å². The summed E-state index contributed by atoms with van der Waals surface area (Å²) in [6.45, 7) is -0.0140. The molecule has 0 aliphatic rings. The predicted molar refractivity (Wildman–Crippen MR) is 132 cm³/mol. The third-order valence-electron chi connectivity index (χ3n) is 4.34. The van der Waals surface area contributed by atoms with Crippen LogP contribution in [0.3, 0.4) is 0 Å². The first-order valence-electron chi connectivity index (χ1n) is 9.78. The van der Waals surface area contributed by atoms with E-state index in [0.29, 0.717) is 32.9 Å². The number of carboxylic acid groups (broad SMARTS) is 1. The Morgan fingerprint density at radius 2 is 1.76 bits per heavy atom. The number of nitrogens with one attached hydrogen (secondary N) is 1. The van der Waals surface area contributed by atoms with Gasteiger partial charge in [0.25, 0.3) is 5.91 Å². The minimum atomic E-state index is -1.08. The van der Waals surface area contributed by atoms with E-state index < -0.39 is 18.5 Å². The van der Waals surface area contributed by atoms with Crippen LogP contribution in [0.1, 0.15) is 11.1 Å². The molecule has 0 heterocycles. The van der Waals surface area contributed by atoms with Gasteiger partial charge in [0, 0.05) is 5.69 Å². The van der Waals surface area contributed by atoms with Crippen LogP contribution in [0.15, 0.2) is 78.4 Å². The van der Waals surface area contributed by atoms with Gasteiger partial charge in [0.1, 0.15) is 29.7 Å². The van der Waals surface area contributed by atoms with E-state index in [9.17, 15) is 14.9 Å². The molecule has 33 heavy (non-hydrogen) atoms. The van der Waals surface area contributed by atoms with Crippen LogP contribution >= 0.6 is 22.6 Å². The number of rotatable bonds is 9. The molecular weight excluding hydrogens is 535 g/mol. The average molecular weight is 554 g/mol. The Labute approximate surface area is 204 Å². The summed E-state index contributed by atoms with van der Waals surface area (Å²) in [4.78, 5) is 23.2. The molecule has 7 nitrogen and oxygen atoms in total. The number of benzene rings is 3.